The minimum atomic E-state index is -0.209. The fraction of sp³-hybridized carbons (Fsp3) is 0.600. The number of nitrogens with zero attached hydrogens (tertiary/aromatic N) is 5. The molecule has 8 heteroatoms. The number of hydrogen-bond donors (Lipinski definition) is 1. The molecule has 0 radical (unpaired) electrons. The van der Waals surface area contributed by atoms with Crippen LogP contribution in [-0.2, 0) is 11.3 Å². The molecule has 2 aromatic rings. The zero-order valence-corrected chi connectivity index (χ0v) is 13.5. The first-order valence-corrected chi connectivity index (χ1v) is 7.92. The first-order valence-electron chi connectivity index (χ1n) is 7.92. The maximum Gasteiger partial charge on any atom is 0.243 e. The number of hydrogen-bond acceptors (Lipinski definition) is 6. The highest BCUT2D eigenvalue weighted by Crippen LogP contribution is 2.20. The van der Waals surface area contributed by atoms with Crippen LogP contribution >= 0.6 is 0 Å². The number of nitrogens with one attached hydrogen (secondary N) is 1. The number of aryl methyl sites for hydroxylation is 1. The second-order valence-electron chi connectivity index (χ2n) is 6.12. The van der Waals surface area contributed by atoms with E-state index in [1.54, 1.807) is 18.7 Å². The molecule has 1 N–H and O–H groups in total. The molecule has 3 heterocycles. The summed E-state index contributed by atoms with van der Waals surface area (Å²) in [6, 6.07) is 1.51. The van der Waals surface area contributed by atoms with Crippen LogP contribution in [0.5, 0.6) is 0 Å². The van der Waals surface area contributed by atoms with Crippen LogP contribution in [0.4, 0.5) is 5.88 Å². The highest BCUT2D eigenvalue weighted by Gasteiger charge is 2.28. The maximum absolute atomic E-state index is 12.4. The lowest BCUT2D eigenvalue weighted by Gasteiger charge is -2.35. The predicted molar refractivity (Wildman–Crippen MR) is 83.7 cm³/mol. The summed E-state index contributed by atoms with van der Waals surface area (Å²) in [5, 5.41) is 10.7. The van der Waals surface area contributed by atoms with Crippen LogP contribution < -0.4 is 5.32 Å². The second-order valence-corrected chi connectivity index (χ2v) is 6.12. The number of anilines is 1. The molecule has 0 unspecified atom stereocenters. The van der Waals surface area contributed by atoms with Crippen molar-refractivity contribution >= 4 is 11.8 Å². The molecule has 2 aromatic heterocycles. The van der Waals surface area contributed by atoms with E-state index in [-0.39, 0.29) is 11.9 Å². The van der Waals surface area contributed by atoms with Crippen molar-refractivity contribution in [3.8, 4) is 0 Å². The normalized spacial score (nSPS) is 20.3. The van der Waals surface area contributed by atoms with Crippen molar-refractivity contribution in [1.29, 1.82) is 0 Å². The average Bonchev–Trinajstić information content (AvgIpc) is 3.18. The van der Waals surface area contributed by atoms with Gasteiger partial charge < -0.3 is 4.52 Å². The SMILES string of the molecule is Cc1cc(NC(=O)[C@@H](C)N2CCC[C@H](Cn3cncn3)C2)on1. The molecular formula is C15H22N6O2. The van der Waals surface area contributed by atoms with E-state index in [1.807, 2.05) is 18.5 Å². The predicted octanol–water partition coefficient (Wildman–Crippen LogP) is 1.31. The number of carbonyl (C=O) groups is 1. The van der Waals surface area contributed by atoms with E-state index in [0.29, 0.717) is 11.8 Å². The van der Waals surface area contributed by atoms with E-state index >= 15 is 0 Å². The van der Waals surface area contributed by atoms with Crippen molar-refractivity contribution in [1.82, 2.24) is 24.8 Å². The molecule has 1 aliphatic rings. The summed E-state index contributed by atoms with van der Waals surface area (Å²) in [5.74, 6) is 0.811. The van der Waals surface area contributed by atoms with E-state index in [0.717, 1.165) is 38.2 Å². The van der Waals surface area contributed by atoms with Crippen molar-refractivity contribution < 1.29 is 9.32 Å². The molecule has 0 saturated carbocycles. The minimum absolute atomic E-state index is 0.0671. The van der Waals surface area contributed by atoms with Crippen molar-refractivity contribution in [2.75, 3.05) is 18.4 Å². The zero-order chi connectivity index (χ0) is 16.2. The summed E-state index contributed by atoms with van der Waals surface area (Å²) in [7, 11) is 0. The van der Waals surface area contributed by atoms with Crippen LogP contribution in [0.1, 0.15) is 25.5 Å². The number of rotatable bonds is 5. The third-order valence-corrected chi connectivity index (χ3v) is 4.26. The van der Waals surface area contributed by atoms with Gasteiger partial charge in [-0.1, -0.05) is 5.16 Å². The molecule has 3 rings (SSSR count). The molecule has 1 aliphatic heterocycles. The summed E-state index contributed by atoms with van der Waals surface area (Å²) in [6.07, 6.45) is 5.52. The van der Waals surface area contributed by atoms with Gasteiger partial charge in [-0.3, -0.25) is 19.7 Å². The lowest BCUT2D eigenvalue weighted by molar-refractivity contribution is -0.121. The topological polar surface area (TPSA) is 89.1 Å². The Balaban J connectivity index is 1.55. The van der Waals surface area contributed by atoms with Crippen LogP contribution in [0, 0.1) is 12.8 Å². The van der Waals surface area contributed by atoms with Gasteiger partial charge in [0.25, 0.3) is 0 Å². The van der Waals surface area contributed by atoms with Gasteiger partial charge in [0, 0.05) is 19.2 Å². The Kier molecular flexibility index (Phi) is 4.71. The number of aromatic nitrogens is 4. The third kappa shape index (κ3) is 3.95. The van der Waals surface area contributed by atoms with Crippen LogP contribution in [0.3, 0.4) is 0 Å². The molecule has 0 aliphatic carbocycles. The quantitative estimate of drug-likeness (QED) is 0.894. The zero-order valence-electron chi connectivity index (χ0n) is 13.5. The summed E-state index contributed by atoms with van der Waals surface area (Å²) >= 11 is 0. The van der Waals surface area contributed by atoms with E-state index < -0.39 is 0 Å². The second kappa shape index (κ2) is 6.91. The summed E-state index contributed by atoms with van der Waals surface area (Å²) in [6.45, 7) is 6.40. The summed E-state index contributed by atoms with van der Waals surface area (Å²) in [5.41, 5.74) is 0.749. The summed E-state index contributed by atoms with van der Waals surface area (Å²) < 4.78 is 6.90. The molecule has 2 atom stereocenters. The Morgan fingerprint density at radius 1 is 1.57 bits per heavy atom. The fourth-order valence-electron chi connectivity index (χ4n) is 3.00. The number of carbonyl (C=O) groups excluding carboxylic acids is 1. The fourth-order valence-corrected chi connectivity index (χ4v) is 3.00. The lowest BCUT2D eigenvalue weighted by Crippen LogP contribution is -2.47. The van der Waals surface area contributed by atoms with Crippen LogP contribution in [0.25, 0.3) is 0 Å². The van der Waals surface area contributed by atoms with E-state index in [9.17, 15) is 4.79 Å². The van der Waals surface area contributed by atoms with Gasteiger partial charge in [0.15, 0.2) is 0 Å². The third-order valence-electron chi connectivity index (χ3n) is 4.26. The van der Waals surface area contributed by atoms with Crippen molar-refractivity contribution in [2.24, 2.45) is 5.92 Å². The van der Waals surface area contributed by atoms with Gasteiger partial charge in [-0.2, -0.15) is 5.10 Å². The summed E-state index contributed by atoms with van der Waals surface area (Å²) in [4.78, 5) is 18.6. The molecule has 23 heavy (non-hydrogen) atoms. The van der Waals surface area contributed by atoms with Gasteiger partial charge in [0.05, 0.1) is 11.7 Å². The molecule has 124 valence electrons. The molecular weight excluding hydrogens is 296 g/mol. The molecule has 1 amide bonds. The van der Waals surface area contributed by atoms with Gasteiger partial charge in [-0.05, 0) is 39.2 Å². The Morgan fingerprint density at radius 2 is 2.43 bits per heavy atom. The molecule has 0 spiro atoms. The highest BCUT2D eigenvalue weighted by molar-refractivity contribution is 5.93. The van der Waals surface area contributed by atoms with Crippen molar-refractivity contribution in [3.05, 3.63) is 24.4 Å². The van der Waals surface area contributed by atoms with E-state index in [1.165, 1.54) is 0 Å². The smallest absolute Gasteiger partial charge is 0.243 e. The molecule has 1 fully saturated rings. The number of piperidine rings is 1. The van der Waals surface area contributed by atoms with Gasteiger partial charge in [-0.25, -0.2) is 4.98 Å². The van der Waals surface area contributed by atoms with Crippen LogP contribution in [0.15, 0.2) is 23.2 Å². The minimum Gasteiger partial charge on any atom is -0.338 e. The standard InChI is InChI=1S/C15H22N6O2/c1-11-6-14(23-19-11)18-15(22)12(2)20-5-3-4-13(7-20)8-21-10-16-9-17-21/h6,9-10,12-13H,3-5,7-8H2,1-2H3,(H,18,22)/t12-,13+/m1/s1. The van der Waals surface area contributed by atoms with Crippen molar-refractivity contribution in [3.63, 3.8) is 0 Å². The lowest BCUT2D eigenvalue weighted by atomic mass is 9.96. The molecule has 0 aromatic carbocycles. The monoisotopic (exact) mass is 318 g/mol. The molecule has 0 bridgehead atoms. The van der Waals surface area contributed by atoms with Gasteiger partial charge in [0.2, 0.25) is 11.8 Å². The first kappa shape index (κ1) is 15.7. The Bertz CT molecular complexity index is 638. The molecule has 1 saturated heterocycles. The van der Waals surface area contributed by atoms with Gasteiger partial charge in [-0.15, -0.1) is 0 Å². The van der Waals surface area contributed by atoms with Gasteiger partial charge in [0.1, 0.15) is 12.7 Å². The van der Waals surface area contributed by atoms with E-state index in [4.69, 9.17) is 4.52 Å². The Hall–Kier alpha value is -2.22. The Morgan fingerprint density at radius 3 is 3.13 bits per heavy atom. The Labute approximate surface area is 134 Å². The molecule has 8 nitrogen and oxygen atoms in total. The van der Waals surface area contributed by atoms with Gasteiger partial charge >= 0.3 is 0 Å². The van der Waals surface area contributed by atoms with Crippen molar-refractivity contribution in [2.45, 2.75) is 39.3 Å². The number of amides is 1. The highest BCUT2D eigenvalue weighted by atomic mass is 16.5. The van der Waals surface area contributed by atoms with E-state index in [2.05, 4.69) is 25.5 Å². The first-order chi connectivity index (χ1) is 11.1. The van der Waals surface area contributed by atoms with Crippen LogP contribution in [0.2, 0.25) is 0 Å². The number of likely N-dealkylation sites (tertiary alicyclic amines) is 1. The average molecular weight is 318 g/mol. The largest absolute Gasteiger partial charge is 0.338 e. The van der Waals surface area contributed by atoms with Crippen LogP contribution in [-0.4, -0.2) is 49.9 Å². The maximum atomic E-state index is 12.4.